The molecule has 1 aromatic heterocycles. The van der Waals surface area contributed by atoms with E-state index in [1.54, 1.807) is 44.6 Å². The Labute approximate surface area is 225 Å². The van der Waals surface area contributed by atoms with Gasteiger partial charge in [0.2, 0.25) is 0 Å². The van der Waals surface area contributed by atoms with Gasteiger partial charge in [-0.25, -0.2) is 9.18 Å². The van der Waals surface area contributed by atoms with E-state index in [1.807, 2.05) is 12.1 Å². The molecule has 0 aliphatic carbocycles. The van der Waals surface area contributed by atoms with Gasteiger partial charge in [0.25, 0.3) is 5.56 Å². The Balaban J connectivity index is 1.65. The van der Waals surface area contributed by atoms with Crippen molar-refractivity contribution >= 4 is 22.6 Å². The van der Waals surface area contributed by atoms with Crippen LogP contribution in [0.4, 0.5) is 14.9 Å². The van der Waals surface area contributed by atoms with Crippen LogP contribution in [0.15, 0.2) is 65.5 Å². The van der Waals surface area contributed by atoms with Crippen LogP contribution in [0.25, 0.3) is 10.9 Å². The molecule has 0 fully saturated rings. The number of hydrogen-bond acceptors (Lipinski definition) is 6. The van der Waals surface area contributed by atoms with Crippen LogP contribution in [-0.2, 0) is 13.0 Å². The number of urea groups is 1. The number of nitrogens with one attached hydrogen (secondary N) is 2. The number of anilines is 1. The third-order valence-corrected chi connectivity index (χ3v) is 6.31. The highest BCUT2D eigenvalue weighted by atomic mass is 19.1. The lowest BCUT2D eigenvalue weighted by Gasteiger charge is -2.23. The molecule has 39 heavy (non-hydrogen) atoms. The summed E-state index contributed by atoms with van der Waals surface area (Å²) in [6.45, 7) is 0.215. The molecule has 10 heteroatoms. The molecule has 9 nitrogen and oxygen atoms in total. The van der Waals surface area contributed by atoms with Crippen LogP contribution in [0.2, 0.25) is 0 Å². The Morgan fingerprint density at radius 1 is 0.872 bits per heavy atom. The van der Waals surface area contributed by atoms with E-state index in [1.165, 1.54) is 37.3 Å². The molecule has 204 valence electrons. The lowest BCUT2D eigenvalue weighted by molar-refractivity contribution is 0.209. The second-order valence-electron chi connectivity index (χ2n) is 8.69. The van der Waals surface area contributed by atoms with Crippen LogP contribution in [0.1, 0.15) is 11.1 Å². The van der Waals surface area contributed by atoms with E-state index < -0.39 is 11.8 Å². The summed E-state index contributed by atoms with van der Waals surface area (Å²) >= 11 is 0. The molecule has 0 unspecified atom stereocenters. The smallest absolute Gasteiger partial charge is 0.322 e. The van der Waals surface area contributed by atoms with Crippen LogP contribution < -0.4 is 29.8 Å². The molecular weight excluding hydrogens is 505 g/mol. The maximum absolute atomic E-state index is 14.3. The normalized spacial score (nSPS) is 10.7. The minimum atomic E-state index is -0.560. The van der Waals surface area contributed by atoms with Gasteiger partial charge in [-0.2, -0.15) is 0 Å². The number of aromatic amines is 1. The number of hydrogen-bond donors (Lipinski definition) is 2. The van der Waals surface area contributed by atoms with Crippen molar-refractivity contribution in [2.45, 2.75) is 13.0 Å². The van der Waals surface area contributed by atoms with Crippen LogP contribution in [-0.4, -0.2) is 50.9 Å². The van der Waals surface area contributed by atoms with Gasteiger partial charge >= 0.3 is 6.03 Å². The fraction of sp³-hybridized carbons (Fsp3) is 0.241. The number of H-pyrrole nitrogens is 1. The number of pyridine rings is 1. The Morgan fingerprint density at radius 3 is 2.23 bits per heavy atom. The molecule has 1 heterocycles. The van der Waals surface area contributed by atoms with Crippen molar-refractivity contribution in [3.05, 3.63) is 88.0 Å². The van der Waals surface area contributed by atoms with Crippen molar-refractivity contribution in [1.29, 1.82) is 0 Å². The zero-order valence-electron chi connectivity index (χ0n) is 22.2. The summed E-state index contributed by atoms with van der Waals surface area (Å²) < 4.78 is 35.7. The summed E-state index contributed by atoms with van der Waals surface area (Å²) in [6.07, 6.45) is 0.446. The molecule has 0 spiro atoms. The van der Waals surface area contributed by atoms with Gasteiger partial charge in [-0.3, -0.25) is 4.79 Å². The maximum atomic E-state index is 14.3. The number of amides is 2. The maximum Gasteiger partial charge on any atom is 0.322 e. The predicted molar refractivity (Wildman–Crippen MR) is 147 cm³/mol. The first-order valence-electron chi connectivity index (χ1n) is 12.2. The molecule has 0 bridgehead atoms. The van der Waals surface area contributed by atoms with E-state index in [2.05, 4.69) is 10.3 Å². The second kappa shape index (κ2) is 12.2. The number of methoxy groups -OCH3 is 4. The molecule has 0 saturated carbocycles. The van der Waals surface area contributed by atoms with Crippen molar-refractivity contribution < 1.29 is 28.1 Å². The number of rotatable bonds is 10. The first-order valence-corrected chi connectivity index (χ1v) is 12.2. The summed E-state index contributed by atoms with van der Waals surface area (Å²) in [6, 6.07) is 16.0. The molecular formula is C29H30FN3O6. The number of ether oxygens (including phenoxy) is 4. The van der Waals surface area contributed by atoms with Crippen LogP contribution in [0.5, 0.6) is 23.0 Å². The SMILES string of the molecule is COc1ccc(CCN(Cc2cc3cc(OC)c(OC)cc3[nH]c2=O)C(=O)Nc2ccccc2F)cc1OC. The summed E-state index contributed by atoms with van der Waals surface area (Å²) in [5.41, 5.74) is 1.49. The summed E-state index contributed by atoms with van der Waals surface area (Å²) in [7, 11) is 6.14. The number of para-hydroxylation sites is 1. The van der Waals surface area contributed by atoms with Crippen molar-refractivity contribution in [1.82, 2.24) is 9.88 Å². The lowest BCUT2D eigenvalue weighted by atomic mass is 10.1. The molecule has 0 radical (unpaired) electrons. The largest absolute Gasteiger partial charge is 0.493 e. The molecule has 0 saturated heterocycles. The van der Waals surface area contributed by atoms with E-state index >= 15 is 0 Å². The Hall–Kier alpha value is -4.73. The van der Waals surface area contributed by atoms with E-state index in [0.29, 0.717) is 45.9 Å². The number of carbonyl (C=O) groups excluding carboxylic acids is 1. The number of aromatic nitrogens is 1. The summed E-state index contributed by atoms with van der Waals surface area (Å²) in [5, 5.41) is 3.32. The topological polar surface area (TPSA) is 102 Å². The first-order chi connectivity index (χ1) is 18.9. The molecule has 4 rings (SSSR count). The van der Waals surface area contributed by atoms with Crippen molar-refractivity contribution in [2.24, 2.45) is 0 Å². The average molecular weight is 536 g/mol. The molecule has 0 atom stereocenters. The van der Waals surface area contributed by atoms with Crippen molar-refractivity contribution in [2.75, 3.05) is 40.3 Å². The average Bonchev–Trinajstić information content (AvgIpc) is 2.95. The van der Waals surface area contributed by atoms with Gasteiger partial charge in [0.1, 0.15) is 5.82 Å². The standard InChI is InChI=1S/C29H30FN3O6/c1-36-24-10-9-18(13-25(24)37-2)11-12-33(29(35)32-22-8-6-5-7-21(22)30)17-20-14-19-15-26(38-3)27(39-4)16-23(19)31-28(20)34/h5-10,13-16H,11-12,17H2,1-4H3,(H,31,34)(H,32,35). The van der Waals surface area contributed by atoms with E-state index in [9.17, 15) is 14.0 Å². The third kappa shape index (κ3) is 6.23. The van der Waals surface area contributed by atoms with Gasteiger partial charge in [-0.1, -0.05) is 18.2 Å². The number of fused-ring (bicyclic) bond motifs is 1. The quantitative estimate of drug-likeness (QED) is 0.297. The predicted octanol–water partition coefficient (Wildman–Crippen LogP) is 4.98. The Kier molecular flexibility index (Phi) is 8.55. The van der Waals surface area contributed by atoms with E-state index in [4.69, 9.17) is 18.9 Å². The molecule has 3 aromatic carbocycles. The molecule has 2 amide bonds. The van der Waals surface area contributed by atoms with Gasteiger partial charge in [0.15, 0.2) is 23.0 Å². The first kappa shape index (κ1) is 27.3. The minimum absolute atomic E-state index is 0.0206. The molecule has 0 aliphatic heterocycles. The number of nitrogens with zero attached hydrogens (tertiary/aromatic N) is 1. The Morgan fingerprint density at radius 2 is 1.54 bits per heavy atom. The highest BCUT2D eigenvalue weighted by Gasteiger charge is 2.19. The van der Waals surface area contributed by atoms with Gasteiger partial charge in [-0.05, 0) is 48.4 Å². The molecule has 2 N–H and O–H groups in total. The number of carbonyl (C=O) groups is 1. The van der Waals surface area contributed by atoms with Gasteiger partial charge in [0, 0.05) is 23.6 Å². The van der Waals surface area contributed by atoms with Gasteiger partial charge < -0.3 is 34.1 Å². The second-order valence-corrected chi connectivity index (χ2v) is 8.69. The molecule has 0 aliphatic rings. The lowest BCUT2D eigenvalue weighted by Crippen LogP contribution is -2.37. The van der Waals surface area contributed by atoms with Crippen LogP contribution in [0.3, 0.4) is 0 Å². The summed E-state index contributed by atoms with van der Waals surface area (Å²) in [5.74, 6) is 1.58. The monoisotopic (exact) mass is 535 g/mol. The summed E-state index contributed by atoms with van der Waals surface area (Å²) in [4.78, 5) is 30.6. The van der Waals surface area contributed by atoms with Gasteiger partial charge in [-0.15, -0.1) is 0 Å². The number of halogens is 1. The van der Waals surface area contributed by atoms with Crippen molar-refractivity contribution in [3.8, 4) is 23.0 Å². The number of benzene rings is 3. The fourth-order valence-corrected chi connectivity index (χ4v) is 4.21. The fourth-order valence-electron chi connectivity index (χ4n) is 4.21. The minimum Gasteiger partial charge on any atom is -0.493 e. The zero-order chi connectivity index (χ0) is 27.9. The Bertz CT molecular complexity index is 1540. The van der Waals surface area contributed by atoms with Crippen LogP contribution >= 0.6 is 0 Å². The van der Waals surface area contributed by atoms with Crippen molar-refractivity contribution in [3.63, 3.8) is 0 Å². The van der Waals surface area contributed by atoms with E-state index in [0.717, 1.165) is 5.56 Å². The highest BCUT2D eigenvalue weighted by Crippen LogP contribution is 2.31. The molecule has 4 aromatic rings. The van der Waals surface area contributed by atoms with Gasteiger partial charge in [0.05, 0.1) is 46.2 Å². The van der Waals surface area contributed by atoms with Crippen LogP contribution in [0, 0.1) is 5.82 Å². The third-order valence-electron chi connectivity index (χ3n) is 6.31. The zero-order valence-corrected chi connectivity index (χ0v) is 22.2. The highest BCUT2D eigenvalue weighted by molar-refractivity contribution is 5.89. The van der Waals surface area contributed by atoms with E-state index in [-0.39, 0.29) is 24.3 Å².